The number of hydrogen-bond acceptors (Lipinski definition) is 3. The number of rotatable bonds is 2. The van der Waals surface area contributed by atoms with Crippen molar-refractivity contribution in [3.05, 3.63) is 71.8 Å². The standard InChI is InChI=1S/C17H13FN4O/c18-14-3-1-11(2-4-14)12-5-15(20-7-12)17(23)22-8-13-6-19-10-21-16(13)9-22/h1-7,10,20H,8-9H2. The molecule has 1 aromatic carbocycles. The van der Waals surface area contributed by atoms with Gasteiger partial charge < -0.3 is 9.88 Å². The van der Waals surface area contributed by atoms with Crippen molar-refractivity contribution in [1.29, 1.82) is 0 Å². The molecule has 0 aliphatic carbocycles. The zero-order chi connectivity index (χ0) is 15.8. The van der Waals surface area contributed by atoms with Crippen LogP contribution in [0.3, 0.4) is 0 Å². The summed E-state index contributed by atoms with van der Waals surface area (Å²) in [5.41, 5.74) is 4.08. The van der Waals surface area contributed by atoms with Crippen LogP contribution in [0.15, 0.2) is 49.1 Å². The summed E-state index contributed by atoms with van der Waals surface area (Å²) in [6, 6.07) is 7.96. The number of nitrogens with zero attached hydrogens (tertiary/aromatic N) is 3. The molecule has 0 spiro atoms. The Bertz CT molecular complexity index is 847. The first-order valence-corrected chi connectivity index (χ1v) is 7.22. The summed E-state index contributed by atoms with van der Waals surface area (Å²) < 4.78 is 13.0. The largest absolute Gasteiger partial charge is 0.357 e. The second-order valence-electron chi connectivity index (χ2n) is 5.46. The summed E-state index contributed by atoms with van der Waals surface area (Å²) in [6.45, 7) is 1.00. The quantitative estimate of drug-likeness (QED) is 0.792. The molecule has 0 saturated carbocycles. The number of aromatic amines is 1. The topological polar surface area (TPSA) is 61.9 Å². The zero-order valence-electron chi connectivity index (χ0n) is 12.2. The van der Waals surface area contributed by atoms with Gasteiger partial charge in [0.1, 0.15) is 17.8 Å². The van der Waals surface area contributed by atoms with E-state index in [1.165, 1.54) is 18.5 Å². The fourth-order valence-corrected chi connectivity index (χ4v) is 2.74. The van der Waals surface area contributed by atoms with E-state index in [1.54, 1.807) is 35.5 Å². The van der Waals surface area contributed by atoms with E-state index in [9.17, 15) is 9.18 Å². The Morgan fingerprint density at radius 3 is 2.78 bits per heavy atom. The molecule has 2 aromatic heterocycles. The lowest BCUT2D eigenvalue weighted by Gasteiger charge is -2.13. The maximum Gasteiger partial charge on any atom is 0.270 e. The summed E-state index contributed by atoms with van der Waals surface area (Å²) in [4.78, 5) is 25.5. The molecule has 0 saturated heterocycles. The minimum atomic E-state index is -0.281. The summed E-state index contributed by atoms with van der Waals surface area (Å²) in [6.07, 6.45) is 4.99. The first kappa shape index (κ1) is 13.6. The summed E-state index contributed by atoms with van der Waals surface area (Å²) in [5.74, 6) is -0.368. The van der Waals surface area contributed by atoms with Crippen LogP contribution in [0.5, 0.6) is 0 Å². The maximum atomic E-state index is 13.0. The molecule has 0 radical (unpaired) electrons. The van der Waals surface area contributed by atoms with Crippen molar-refractivity contribution >= 4 is 5.91 Å². The number of benzene rings is 1. The smallest absolute Gasteiger partial charge is 0.270 e. The molecule has 5 nitrogen and oxygen atoms in total. The van der Waals surface area contributed by atoms with Gasteiger partial charge in [0, 0.05) is 24.5 Å². The molecule has 114 valence electrons. The normalized spacial score (nSPS) is 13.2. The number of aromatic nitrogens is 3. The third kappa shape index (κ3) is 2.48. The van der Waals surface area contributed by atoms with E-state index in [0.29, 0.717) is 18.8 Å². The number of nitrogens with one attached hydrogen (secondary N) is 1. The van der Waals surface area contributed by atoms with Crippen molar-refractivity contribution in [2.45, 2.75) is 13.1 Å². The van der Waals surface area contributed by atoms with Crippen LogP contribution < -0.4 is 0 Å². The first-order valence-electron chi connectivity index (χ1n) is 7.22. The average Bonchev–Trinajstić information content (AvgIpc) is 3.22. The number of carbonyl (C=O) groups excluding carboxylic acids is 1. The number of halogens is 1. The van der Waals surface area contributed by atoms with Gasteiger partial charge in [-0.1, -0.05) is 12.1 Å². The van der Waals surface area contributed by atoms with E-state index in [0.717, 1.165) is 22.4 Å². The molecule has 0 fully saturated rings. The van der Waals surface area contributed by atoms with Gasteiger partial charge in [0.2, 0.25) is 0 Å². The molecule has 1 aliphatic rings. The molecule has 3 aromatic rings. The Morgan fingerprint density at radius 2 is 2.00 bits per heavy atom. The van der Waals surface area contributed by atoms with Gasteiger partial charge in [0.25, 0.3) is 5.91 Å². The van der Waals surface area contributed by atoms with E-state index < -0.39 is 0 Å². The van der Waals surface area contributed by atoms with Gasteiger partial charge in [-0.15, -0.1) is 0 Å². The van der Waals surface area contributed by atoms with Crippen LogP contribution in [0, 0.1) is 5.82 Å². The lowest BCUT2D eigenvalue weighted by molar-refractivity contribution is 0.0745. The summed E-state index contributed by atoms with van der Waals surface area (Å²) >= 11 is 0. The number of amides is 1. The lowest BCUT2D eigenvalue weighted by atomic mass is 10.1. The molecular formula is C17H13FN4O. The molecule has 3 heterocycles. The molecule has 23 heavy (non-hydrogen) atoms. The Labute approximate surface area is 131 Å². The highest BCUT2D eigenvalue weighted by atomic mass is 19.1. The SMILES string of the molecule is O=C(c1cc(-c2ccc(F)cc2)c[nH]1)N1Cc2cncnc2C1. The number of carbonyl (C=O) groups is 1. The van der Waals surface area contributed by atoms with Gasteiger partial charge in [-0.2, -0.15) is 0 Å². The second-order valence-corrected chi connectivity index (χ2v) is 5.46. The predicted octanol–water partition coefficient (Wildman–Crippen LogP) is 2.77. The summed E-state index contributed by atoms with van der Waals surface area (Å²) in [5, 5.41) is 0. The zero-order valence-corrected chi connectivity index (χ0v) is 12.2. The Balaban J connectivity index is 1.55. The van der Waals surface area contributed by atoms with Crippen LogP contribution >= 0.6 is 0 Å². The molecule has 1 aliphatic heterocycles. The fraction of sp³-hybridized carbons (Fsp3) is 0.118. The highest BCUT2D eigenvalue weighted by molar-refractivity contribution is 5.94. The van der Waals surface area contributed by atoms with Crippen molar-refractivity contribution in [1.82, 2.24) is 19.9 Å². The second kappa shape index (κ2) is 5.31. The lowest BCUT2D eigenvalue weighted by Crippen LogP contribution is -2.25. The van der Waals surface area contributed by atoms with Gasteiger partial charge in [0.15, 0.2) is 0 Å². The van der Waals surface area contributed by atoms with E-state index >= 15 is 0 Å². The third-order valence-corrected chi connectivity index (χ3v) is 3.96. The van der Waals surface area contributed by atoms with Crippen molar-refractivity contribution in [3.8, 4) is 11.1 Å². The van der Waals surface area contributed by atoms with Gasteiger partial charge in [-0.3, -0.25) is 4.79 Å². The molecule has 0 bridgehead atoms. The minimum Gasteiger partial charge on any atom is -0.357 e. The maximum absolute atomic E-state index is 13.0. The van der Waals surface area contributed by atoms with Crippen molar-refractivity contribution in [3.63, 3.8) is 0 Å². The number of fused-ring (bicyclic) bond motifs is 1. The fourth-order valence-electron chi connectivity index (χ4n) is 2.74. The molecule has 0 atom stereocenters. The monoisotopic (exact) mass is 308 g/mol. The van der Waals surface area contributed by atoms with Crippen LogP contribution in [-0.2, 0) is 13.1 Å². The van der Waals surface area contributed by atoms with Gasteiger partial charge >= 0.3 is 0 Å². The first-order chi connectivity index (χ1) is 11.2. The van der Waals surface area contributed by atoms with Crippen LogP contribution in [-0.4, -0.2) is 25.8 Å². The van der Waals surface area contributed by atoms with Gasteiger partial charge in [-0.05, 0) is 29.3 Å². The number of hydrogen-bond donors (Lipinski definition) is 1. The van der Waals surface area contributed by atoms with Crippen LogP contribution in [0.1, 0.15) is 21.7 Å². The molecule has 1 N–H and O–H groups in total. The van der Waals surface area contributed by atoms with E-state index in [1.807, 2.05) is 0 Å². The molecule has 1 amide bonds. The van der Waals surface area contributed by atoms with Crippen LogP contribution in [0.4, 0.5) is 4.39 Å². The number of H-pyrrole nitrogens is 1. The Morgan fingerprint density at radius 1 is 1.17 bits per heavy atom. The summed E-state index contributed by atoms with van der Waals surface area (Å²) in [7, 11) is 0. The Kier molecular flexibility index (Phi) is 3.15. The Hall–Kier alpha value is -3.02. The molecule has 4 rings (SSSR count). The van der Waals surface area contributed by atoms with Crippen molar-refractivity contribution < 1.29 is 9.18 Å². The molecule has 0 unspecified atom stereocenters. The molecule has 6 heteroatoms. The minimum absolute atomic E-state index is 0.0867. The van der Waals surface area contributed by atoms with Crippen molar-refractivity contribution in [2.75, 3.05) is 0 Å². The van der Waals surface area contributed by atoms with Gasteiger partial charge in [-0.25, -0.2) is 14.4 Å². The van der Waals surface area contributed by atoms with E-state index in [4.69, 9.17) is 0 Å². The van der Waals surface area contributed by atoms with Crippen LogP contribution in [0.25, 0.3) is 11.1 Å². The highest BCUT2D eigenvalue weighted by Crippen LogP contribution is 2.24. The van der Waals surface area contributed by atoms with E-state index in [2.05, 4.69) is 15.0 Å². The molecular weight excluding hydrogens is 295 g/mol. The van der Waals surface area contributed by atoms with Crippen LogP contribution in [0.2, 0.25) is 0 Å². The predicted molar refractivity (Wildman–Crippen MR) is 81.8 cm³/mol. The highest BCUT2D eigenvalue weighted by Gasteiger charge is 2.26. The average molecular weight is 308 g/mol. The van der Waals surface area contributed by atoms with Gasteiger partial charge in [0.05, 0.1) is 12.2 Å². The van der Waals surface area contributed by atoms with Crippen molar-refractivity contribution in [2.24, 2.45) is 0 Å². The third-order valence-electron chi connectivity index (χ3n) is 3.96. The van der Waals surface area contributed by atoms with E-state index in [-0.39, 0.29) is 11.7 Å².